The third-order valence-corrected chi connectivity index (χ3v) is 3.56. The molecule has 2 unspecified atom stereocenters. The number of thioether (sulfide) groups is 1. The van der Waals surface area contributed by atoms with Gasteiger partial charge in [0.15, 0.2) is 0 Å². The number of halogens is 3. The van der Waals surface area contributed by atoms with Gasteiger partial charge in [0.1, 0.15) is 0 Å². The molecular formula is C11H13F3OS. The van der Waals surface area contributed by atoms with Crippen LogP contribution in [0.4, 0.5) is 13.2 Å². The fourth-order valence-corrected chi connectivity index (χ4v) is 2.17. The first kappa shape index (κ1) is 13.4. The lowest BCUT2D eigenvalue weighted by molar-refractivity contribution is -0.139. The Morgan fingerprint density at radius 1 is 1.19 bits per heavy atom. The summed E-state index contributed by atoms with van der Waals surface area (Å²) in [6.07, 6.45) is -4.99. The van der Waals surface area contributed by atoms with E-state index in [0.29, 0.717) is 0 Å². The molecule has 0 saturated carbocycles. The second-order valence-corrected chi connectivity index (χ2v) is 4.98. The number of aliphatic hydroxyl groups excluding tert-OH is 1. The van der Waals surface area contributed by atoms with Crippen molar-refractivity contribution < 1.29 is 18.3 Å². The molecule has 0 aliphatic heterocycles. The molecule has 0 aliphatic rings. The fraction of sp³-hybridized carbons (Fsp3) is 0.455. The second-order valence-electron chi connectivity index (χ2n) is 3.56. The summed E-state index contributed by atoms with van der Waals surface area (Å²) in [5.41, 5.74) is -0.646. The Labute approximate surface area is 96.7 Å². The van der Waals surface area contributed by atoms with Crippen molar-refractivity contribution in [1.82, 2.24) is 0 Å². The molecule has 1 N–H and O–H groups in total. The first-order valence-corrected chi connectivity index (χ1v) is 5.71. The number of benzene rings is 1. The highest BCUT2D eigenvalue weighted by atomic mass is 32.2. The van der Waals surface area contributed by atoms with Crippen LogP contribution in [0.25, 0.3) is 0 Å². The van der Waals surface area contributed by atoms with Gasteiger partial charge in [-0.2, -0.15) is 13.2 Å². The molecule has 0 fully saturated rings. The maximum Gasteiger partial charge on any atom is 0.417 e. The van der Waals surface area contributed by atoms with Crippen LogP contribution >= 0.6 is 11.8 Å². The monoisotopic (exact) mass is 250 g/mol. The van der Waals surface area contributed by atoms with Crippen molar-refractivity contribution in [3.05, 3.63) is 29.8 Å². The molecule has 0 aliphatic carbocycles. The highest BCUT2D eigenvalue weighted by Gasteiger charge is 2.33. The number of hydrogen-bond donors (Lipinski definition) is 1. The molecule has 0 radical (unpaired) electrons. The lowest BCUT2D eigenvalue weighted by atomic mass is 10.2. The van der Waals surface area contributed by atoms with Crippen LogP contribution in [0, 0.1) is 0 Å². The summed E-state index contributed by atoms with van der Waals surface area (Å²) < 4.78 is 37.9. The largest absolute Gasteiger partial charge is 0.417 e. The molecule has 2 atom stereocenters. The number of aliphatic hydroxyl groups is 1. The van der Waals surface area contributed by atoms with E-state index in [1.54, 1.807) is 19.9 Å². The minimum atomic E-state index is -4.35. The molecule has 90 valence electrons. The van der Waals surface area contributed by atoms with Crippen LogP contribution in [0.3, 0.4) is 0 Å². The van der Waals surface area contributed by atoms with Crippen molar-refractivity contribution in [2.45, 2.75) is 36.3 Å². The molecule has 0 saturated heterocycles. The van der Waals surface area contributed by atoms with Crippen molar-refractivity contribution in [3.8, 4) is 0 Å². The Balaban J connectivity index is 2.96. The molecule has 0 spiro atoms. The maximum atomic E-state index is 12.6. The third kappa shape index (κ3) is 3.42. The summed E-state index contributed by atoms with van der Waals surface area (Å²) in [7, 11) is 0. The number of rotatable bonds is 3. The topological polar surface area (TPSA) is 20.2 Å². The zero-order valence-corrected chi connectivity index (χ0v) is 9.77. The molecule has 16 heavy (non-hydrogen) atoms. The van der Waals surface area contributed by atoms with Gasteiger partial charge in [0.05, 0.1) is 11.7 Å². The van der Waals surface area contributed by atoms with Gasteiger partial charge in [-0.25, -0.2) is 0 Å². The molecule has 1 aromatic rings. The molecule has 0 amide bonds. The minimum Gasteiger partial charge on any atom is -0.392 e. The van der Waals surface area contributed by atoms with Crippen LogP contribution in [0.2, 0.25) is 0 Å². The van der Waals surface area contributed by atoms with Gasteiger partial charge in [-0.3, -0.25) is 0 Å². The quantitative estimate of drug-likeness (QED) is 0.828. The Hall–Kier alpha value is -0.680. The van der Waals surface area contributed by atoms with Crippen molar-refractivity contribution in [3.63, 3.8) is 0 Å². The summed E-state index contributed by atoms with van der Waals surface area (Å²) >= 11 is 1.04. The first-order chi connectivity index (χ1) is 7.32. The van der Waals surface area contributed by atoms with Crippen LogP contribution in [-0.4, -0.2) is 16.5 Å². The van der Waals surface area contributed by atoms with Crippen molar-refractivity contribution in [2.75, 3.05) is 0 Å². The van der Waals surface area contributed by atoms with Gasteiger partial charge < -0.3 is 5.11 Å². The summed E-state index contributed by atoms with van der Waals surface area (Å²) in [5, 5.41) is 9.00. The van der Waals surface area contributed by atoms with Gasteiger partial charge in [0.25, 0.3) is 0 Å². The van der Waals surface area contributed by atoms with Gasteiger partial charge in [-0.15, -0.1) is 11.8 Å². The molecule has 0 heterocycles. The Morgan fingerprint density at radius 3 is 2.25 bits per heavy atom. The summed E-state index contributed by atoms with van der Waals surface area (Å²) in [4.78, 5) is 0.156. The normalized spacial score (nSPS) is 15.9. The van der Waals surface area contributed by atoms with Crippen LogP contribution in [-0.2, 0) is 6.18 Å². The molecule has 0 bridgehead atoms. The average Bonchev–Trinajstić information content (AvgIpc) is 2.16. The van der Waals surface area contributed by atoms with E-state index < -0.39 is 17.8 Å². The predicted octanol–water partition coefficient (Wildman–Crippen LogP) is 3.57. The van der Waals surface area contributed by atoms with E-state index in [1.165, 1.54) is 12.1 Å². The highest BCUT2D eigenvalue weighted by molar-refractivity contribution is 8.00. The predicted molar refractivity (Wildman–Crippen MR) is 58.4 cm³/mol. The van der Waals surface area contributed by atoms with Crippen LogP contribution < -0.4 is 0 Å². The Morgan fingerprint density at radius 2 is 1.75 bits per heavy atom. The fourth-order valence-electron chi connectivity index (χ4n) is 1.10. The molecule has 5 heteroatoms. The zero-order chi connectivity index (χ0) is 12.3. The van der Waals surface area contributed by atoms with Crippen molar-refractivity contribution in [1.29, 1.82) is 0 Å². The minimum absolute atomic E-state index is 0.156. The van der Waals surface area contributed by atoms with Crippen molar-refractivity contribution in [2.24, 2.45) is 0 Å². The third-order valence-electron chi connectivity index (χ3n) is 2.18. The Bertz CT molecular complexity index is 349. The van der Waals surface area contributed by atoms with E-state index in [9.17, 15) is 18.3 Å². The van der Waals surface area contributed by atoms with Crippen molar-refractivity contribution >= 4 is 11.8 Å². The molecule has 1 nitrogen and oxygen atoms in total. The van der Waals surface area contributed by atoms with Crippen LogP contribution in [0.5, 0.6) is 0 Å². The van der Waals surface area contributed by atoms with Crippen LogP contribution in [0.15, 0.2) is 29.2 Å². The average molecular weight is 250 g/mol. The second kappa shape index (κ2) is 5.10. The van der Waals surface area contributed by atoms with Crippen LogP contribution in [0.1, 0.15) is 19.4 Å². The summed E-state index contributed by atoms with van der Waals surface area (Å²) in [6.45, 7) is 3.26. The zero-order valence-electron chi connectivity index (χ0n) is 8.95. The number of alkyl halides is 3. The Kier molecular flexibility index (Phi) is 4.27. The SMILES string of the molecule is CC(O)C(C)Sc1ccccc1C(F)(F)F. The smallest absolute Gasteiger partial charge is 0.392 e. The van der Waals surface area contributed by atoms with E-state index in [4.69, 9.17) is 0 Å². The van der Waals surface area contributed by atoms with Gasteiger partial charge >= 0.3 is 6.18 Å². The summed E-state index contributed by atoms with van der Waals surface area (Å²) in [5.74, 6) is 0. The van der Waals surface area contributed by atoms with E-state index in [-0.39, 0.29) is 10.1 Å². The molecule has 1 aromatic carbocycles. The van der Waals surface area contributed by atoms with E-state index in [2.05, 4.69) is 0 Å². The summed E-state index contributed by atoms with van der Waals surface area (Å²) in [6, 6.07) is 5.40. The first-order valence-electron chi connectivity index (χ1n) is 4.83. The van der Waals surface area contributed by atoms with Gasteiger partial charge in [0.2, 0.25) is 0 Å². The van der Waals surface area contributed by atoms with Gasteiger partial charge in [0, 0.05) is 10.1 Å². The van der Waals surface area contributed by atoms with E-state index in [0.717, 1.165) is 17.8 Å². The molecule has 1 rings (SSSR count). The molecule has 0 aromatic heterocycles. The van der Waals surface area contributed by atoms with E-state index >= 15 is 0 Å². The lowest BCUT2D eigenvalue weighted by Crippen LogP contribution is -2.16. The highest BCUT2D eigenvalue weighted by Crippen LogP contribution is 2.38. The van der Waals surface area contributed by atoms with E-state index in [1.807, 2.05) is 0 Å². The lowest BCUT2D eigenvalue weighted by Gasteiger charge is -2.17. The van der Waals surface area contributed by atoms with Gasteiger partial charge in [-0.1, -0.05) is 19.1 Å². The standard InChI is InChI=1S/C11H13F3OS/c1-7(15)8(2)16-10-6-4-3-5-9(10)11(12,13)14/h3-8,15H,1-2H3. The number of hydrogen-bond acceptors (Lipinski definition) is 2. The maximum absolute atomic E-state index is 12.6. The van der Waals surface area contributed by atoms with Gasteiger partial charge in [-0.05, 0) is 19.1 Å². The molecular weight excluding hydrogens is 237 g/mol.